The first-order valence-electron chi connectivity index (χ1n) is 5.60. The number of fused-ring (bicyclic) bond motifs is 1. The van der Waals surface area contributed by atoms with Gasteiger partial charge in [0.05, 0.1) is 12.6 Å². The largest absolute Gasteiger partial charge is 0.454 e. The Morgan fingerprint density at radius 1 is 1.28 bits per heavy atom. The molecule has 1 N–H and O–H groups in total. The smallest absolute Gasteiger partial charge is 0.251 e. The fourth-order valence-corrected chi connectivity index (χ4v) is 1.83. The second-order valence-electron chi connectivity index (χ2n) is 4.24. The molecule has 1 aromatic carbocycles. The van der Waals surface area contributed by atoms with Gasteiger partial charge >= 0.3 is 0 Å². The van der Waals surface area contributed by atoms with Crippen molar-refractivity contribution in [1.29, 1.82) is 0 Å². The number of halogens is 2. The molecule has 6 heteroatoms. The number of hydrogen-bond donors (Lipinski definition) is 1. The number of benzene rings is 1. The molecule has 0 spiro atoms. The second kappa shape index (κ2) is 5.49. The first kappa shape index (κ1) is 13.0. The van der Waals surface area contributed by atoms with Gasteiger partial charge in [-0.15, -0.1) is 0 Å². The van der Waals surface area contributed by atoms with Crippen LogP contribution in [0.3, 0.4) is 0 Å². The fraction of sp³-hybridized carbons (Fsp3) is 0.500. The first-order valence-corrected chi connectivity index (χ1v) is 5.60. The van der Waals surface area contributed by atoms with Crippen LogP contribution in [0.4, 0.5) is 8.78 Å². The summed E-state index contributed by atoms with van der Waals surface area (Å²) in [6, 6.07) is 5.08. The molecule has 0 saturated carbocycles. The number of hydrogen-bond acceptors (Lipinski definition) is 4. The van der Waals surface area contributed by atoms with Crippen LogP contribution in [-0.4, -0.2) is 43.4 Å². The van der Waals surface area contributed by atoms with E-state index in [-0.39, 0.29) is 19.9 Å². The lowest BCUT2D eigenvalue weighted by Crippen LogP contribution is -2.29. The van der Waals surface area contributed by atoms with Gasteiger partial charge in [-0.1, -0.05) is 6.07 Å². The molecule has 1 atom stereocenters. The zero-order valence-corrected chi connectivity index (χ0v) is 9.97. The molecule has 0 saturated heterocycles. The average molecular weight is 259 g/mol. The molecule has 0 radical (unpaired) electrons. The molecular formula is C12H15F2NO3. The fourth-order valence-electron chi connectivity index (χ4n) is 1.83. The Labute approximate surface area is 104 Å². The molecule has 1 aliphatic heterocycles. The summed E-state index contributed by atoms with van der Waals surface area (Å²) in [5.41, 5.74) is 0.625. The Morgan fingerprint density at radius 2 is 2.00 bits per heavy atom. The lowest BCUT2D eigenvalue weighted by molar-refractivity contribution is 0.0679. The summed E-state index contributed by atoms with van der Waals surface area (Å²) in [5, 5.41) is 9.95. The molecule has 100 valence electrons. The van der Waals surface area contributed by atoms with E-state index < -0.39 is 12.5 Å². The van der Waals surface area contributed by atoms with Crippen LogP contribution in [0, 0.1) is 0 Å². The normalized spacial score (nSPS) is 15.4. The van der Waals surface area contributed by atoms with Gasteiger partial charge in [-0.25, -0.2) is 8.78 Å². The van der Waals surface area contributed by atoms with E-state index in [1.807, 2.05) is 0 Å². The van der Waals surface area contributed by atoms with Gasteiger partial charge in [-0.05, 0) is 24.7 Å². The van der Waals surface area contributed by atoms with Gasteiger partial charge in [0.1, 0.15) is 0 Å². The van der Waals surface area contributed by atoms with E-state index >= 15 is 0 Å². The Balaban J connectivity index is 1.98. The highest BCUT2D eigenvalue weighted by Gasteiger charge is 2.18. The predicted octanol–water partition coefficient (Wildman–Crippen LogP) is 1.65. The van der Waals surface area contributed by atoms with E-state index in [9.17, 15) is 13.9 Å². The van der Waals surface area contributed by atoms with Crippen molar-refractivity contribution in [2.75, 3.05) is 26.9 Å². The van der Waals surface area contributed by atoms with Crippen LogP contribution < -0.4 is 9.47 Å². The highest BCUT2D eigenvalue weighted by atomic mass is 19.3. The minimum absolute atomic E-state index is 0.143. The van der Waals surface area contributed by atoms with Gasteiger partial charge in [-0.2, -0.15) is 0 Å². The predicted molar refractivity (Wildman–Crippen MR) is 61.0 cm³/mol. The molecule has 0 fully saturated rings. The Hall–Kier alpha value is -1.40. The molecule has 0 amide bonds. The topological polar surface area (TPSA) is 41.9 Å². The molecule has 1 aliphatic rings. The van der Waals surface area contributed by atoms with Gasteiger partial charge < -0.3 is 14.6 Å². The van der Waals surface area contributed by atoms with Gasteiger partial charge in [0, 0.05) is 6.54 Å². The molecule has 1 unspecified atom stereocenters. The molecule has 4 nitrogen and oxygen atoms in total. The highest BCUT2D eigenvalue weighted by molar-refractivity contribution is 5.45. The van der Waals surface area contributed by atoms with E-state index in [0.717, 1.165) is 0 Å². The molecular weight excluding hydrogens is 244 g/mol. The first-order chi connectivity index (χ1) is 8.56. The third-order valence-electron chi connectivity index (χ3n) is 2.72. The lowest BCUT2D eigenvalue weighted by atomic mass is 10.1. The quantitative estimate of drug-likeness (QED) is 0.873. The minimum Gasteiger partial charge on any atom is -0.454 e. The number of nitrogens with zero attached hydrogens (tertiary/aromatic N) is 1. The number of alkyl halides is 2. The summed E-state index contributed by atoms with van der Waals surface area (Å²) in [4.78, 5) is 1.39. The van der Waals surface area contributed by atoms with Gasteiger partial charge in [-0.3, -0.25) is 4.90 Å². The van der Waals surface area contributed by atoms with Crippen LogP contribution in [0.15, 0.2) is 18.2 Å². The summed E-state index contributed by atoms with van der Waals surface area (Å²) in [6.45, 7) is -0.0498. The van der Waals surface area contributed by atoms with E-state index in [1.54, 1.807) is 25.2 Å². The molecule has 0 bridgehead atoms. The molecule has 2 rings (SSSR count). The van der Waals surface area contributed by atoms with Crippen molar-refractivity contribution in [1.82, 2.24) is 4.90 Å². The van der Waals surface area contributed by atoms with Crippen LogP contribution in [0.1, 0.15) is 11.7 Å². The molecule has 18 heavy (non-hydrogen) atoms. The van der Waals surface area contributed by atoms with Crippen molar-refractivity contribution in [3.8, 4) is 11.5 Å². The number of ether oxygens (including phenoxy) is 2. The monoisotopic (exact) mass is 259 g/mol. The summed E-state index contributed by atoms with van der Waals surface area (Å²) in [7, 11) is 1.54. The minimum atomic E-state index is -2.40. The van der Waals surface area contributed by atoms with Gasteiger partial charge in [0.15, 0.2) is 11.5 Å². The van der Waals surface area contributed by atoms with E-state index in [4.69, 9.17) is 9.47 Å². The van der Waals surface area contributed by atoms with Crippen molar-refractivity contribution in [3.05, 3.63) is 23.8 Å². The van der Waals surface area contributed by atoms with Crippen molar-refractivity contribution < 1.29 is 23.4 Å². The van der Waals surface area contributed by atoms with E-state index in [2.05, 4.69) is 0 Å². The van der Waals surface area contributed by atoms with Crippen molar-refractivity contribution in [2.45, 2.75) is 12.5 Å². The zero-order chi connectivity index (χ0) is 13.1. The molecule has 1 heterocycles. The van der Waals surface area contributed by atoms with Crippen molar-refractivity contribution in [2.24, 2.45) is 0 Å². The maximum atomic E-state index is 12.2. The van der Waals surface area contributed by atoms with Gasteiger partial charge in [0.2, 0.25) is 6.79 Å². The van der Waals surface area contributed by atoms with Crippen molar-refractivity contribution >= 4 is 0 Å². The molecule has 0 aromatic heterocycles. The summed E-state index contributed by atoms with van der Waals surface area (Å²) < 4.78 is 34.7. The van der Waals surface area contributed by atoms with Gasteiger partial charge in [0.25, 0.3) is 6.43 Å². The highest BCUT2D eigenvalue weighted by Crippen LogP contribution is 2.34. The third kappa shape index (κ3) is 3.08. The van der Waals surface area contributed by atoms with Crippen molar-refractivity contribution in [3.63, 3.8) is 0 Å². The maximum Gasteiger partial charge on any atom is 0.251 e. The van der Waals surface area contributed by atoms with Crippen LogP contribution in [-0.2, 0) is 0 Å². The Bertz CT molecular complexity index is 414. The standard InChI is InChI=1S/C12H15F2NO3/c1-15(6-12(13)14)5-9(16)8-2-3-10-11(4-8)18-7-17-10/h2-4,9,12,16H,5-7H2,1H3. The maximum absolute atomic E-state index is 12.2. The Kier molecular flexibility index (Phi) is 3.98. The van der Waals surface area contributed by atoms with Crippen LogP contribution in [0.25, 0.3) is 0 Å². The summed E-state index contributed by atoms with van der Waals surface area (Å²) in [5.74, 6) is 1.20. The van der Waals surface area contributed by atoms with Crippen LogP contribution in [0.2, 0.25) is 0 Å². The molecule has 0 aliphatic carbocycles. The zero-order valence-electron chi connectivity index (χ0n) is 9.97. The second-order valence-corrected chi connectivity index (χ2v) is 4.24. The number of rotatable bonds is 5. The average Bonchev–Trinajstić information content (AvgIpc) is 2.74. The number of aliphatic hydroxyl groups is 1. The third-order valence-corrected chi connectivity index (χ3v) is 2.72. The van der Waals surface area contributed by atoms with E-state index in [0.29, 0.717) is 17.1 Å². The SMILES string of the molecule is CN(CC(F)F)CC(O)c1ccc2c(c1)OCO2. The van der Waals surface area contributed by atoms with Crippen LogP contribution >= 0.6 is 0 Å². The lowest BCUT2D eigenvalue weighted by Gasteiger charge is -2.20. The Morgan fingerprint density at radius 3 is 2.72 bits per heavy atom. The molecule has 1 aromatic rings. The number of aliphatic hydroxyl groups excluding tert-OH is 1. The van der Waals surface area contributed by atoms with Crippen LogP contribution in [0.5, 0.6) is 11.5 Å². The summed E-state index contributed by atoms with van der Waals surface area (Å²) in [6.07, 6.45) is -3.23. The van der Waals surface area contributed by atoms with E-state index in [1.165, 1.54) is 4.90 Å². The summed E-state index contributed by atoms with van der Waals surface area (Å²) >= 11 is 0. The number of likely N-dealkylation sites (N-methyl/N-ethyl adjacent to an activating group) is 1.